The van der Waals surface area contributed by atoms with E-state index in [1.165, 1.54) is 29.9 Å². The largest absolute Gasteiger partial charge is 0.466 e. The lowest BCUT2D eigenvalue weighted by atomic mass is 10.0. The van der Waals surface area contributed by atoms with Crippen LogP contribution in [-0.4, -0.2) is 46.0 Å². The van der Waals surface area contributed by atoms with E-state index in [-0.39, 0.29) is 11.0 Å². The first kappa shape index (κ1) is 26.4. The van der Waals surface area contributed by atoms with Gasteiger partial charge in [0.05, 0.1) is 7.11 Å². The van der Waals surface area contributed by atoms with Gasteiger partial charge >= 0.3 is 5.97 Å². The summed E-state index contributed by atoms with van der Waals surface area (Å²) in [7, 11) is -0.369. The maximum atomic E-state index is 11.5. The zero-order valence-corrected chi connectivity index (χ0v) is 22.8. The van der Waals surface area contributed by atoms with Crippen LogP contribution in [-0.2, 0) is 26.8 Å². The quantitative estimate of drug-likeness (QED) is 0.224. The number of hydrogen-bond donors (Lipinski definition) is 0. The van der Waals surface area contributed by atoms with E-state index in [4.69, 9.17) is 9.16 Å². The van der Waals surface area contributed by atoms with Crippen LogP contribution in [0.3, 0.4) is 0 Å². The van der Waals surface area contributed by atoms with Crippen molar-refractivity contribution in [3.63, 3.8) is 0 Å². The van der Waals surface area contributed by atoms with E-state index in [0.717, 1.165) is 44.5 Å². The molecule has 4 nitrogen and oxygen atoms in total. The van der Waals surface area contributed by atoms with E-state index in [0.29, 0.717) is 6.04 Å². The second kappa shape index (κ2) is 11.5. The fourth-order valence-corrected chi connectivity index (χ4v) is 5.34. The molecule has 1 aliphatic carbocycles. The summed E-state index contributed by atoms with van der Waals surface area (Å²) in [4.78, 5) is 14.1. The normalized spacial score (nSPS) is 16.3. The molecule has 0 fully saturated rings. The summed E-state index contributed by atoms with van der Waals surface area (Å²) in [6.45, 7) is 14.3. The number of ether oxygens (including phenoxy) is 1. The molecule has 1 aliphatic rings. The Morgan fingerprint density at radius 3 is 2.53 bits per heavy atom. The second-order valence-corrected chi connectivity index (χ2v) is 15.6. The van der Waals surface area contributed by atoms with Gasteiger partial charge < -0.3 is 9.16 Å². The van der Waals surface area contributed by atoms with E-state index < -0.39 is 8.32 Å². The van der Waals surface area contributed by atoms with Gasteiger partial charge in [0.15, 0.2) is 8.32 Å². The van der Waals surface area contributed by atoms with Gasteiger partial charge in [-0.3, -0.25) is 4.90 Å². The van der Waals surface area contributed by atoms with Crippen LogP contribution in [0.15, 0.2) is 54.6 Å². The summed E-state index contributed by atoms with van der Waals surface area (Å²) in [5.74, 6) is -0.327. The van der Waals surface area contributed by atoms with Crippen molar-refractivity contribution in [2.24, 2.45) is 0 Å². The van der Waals surface area contributed by atoms with Gasteiger partial charge in [-0.25, -0.2) is 4.79 Å². The maximum Gasteiger partial charge on any atom is 0.330 e. The molecule has 0 heterocycles. The molecular formula is C29H41NO3Si. The highest BCUT2D eigenvalue weighted by molar-refractivity contribution is 6.74. The minimum Gasteiger partial charge on any atom is -0.466 e. The number of nitrogens with zero attached hydrogens (tertiary/aromatic N) is 1. The first-order valence-electron chi connectivity index (χ1n) is 12.4. The van der Waals surface area contributed by atoms with Gasteiger partial charge in [-0.05, 0) is 65.7 Å². The molecule has 1 unspecified atom stereocenters. The van der Waals surface area contributed by atoms with Crippen molar-refractivity contribution in [1.82, 2.24) is 4.90 Å². The highest BCUT2D eigenvalue weighted by atomic mass is 28.4. The highest BCUT2D eigenvalue weighted by Crippen LogP contribution is 2.38. The average Bonchev–Trinajstić information content (AvgIpc) is 3.22. The number of methoxy groups -OCH3 is 1. The topological polar surface area (TPSA) is 38.8 Å². The summed E-state index contributed by atoms with van der Waals surface area (Å²) in [6, 6.07) is 17.7. The standard InChI is InChI=1S/C29H41NO3Si/c1-29(2,3)34(5,6)33-21-20-30(19-18-23-10-8-7-9-11-23)27-16-14-25-22-24(12-15-26(25)27)13-17-28(31)32-4/h7-13,15,17,22,27H,14,16,18-21H2,1-6H3. The lowest BCUT2D eigenvalue weighted by Gasteiger charge is -2.37. The Labute approximate surface area is 207 Å². The van der Waals surface area contributed by atoms with Crippen LogP contribution in [0.4, 0.5) is 0 Å². The zero-order valence-electron chi connectivity index (χ0n) is 21.8. The van der Waals surface area contributed by atoms with Crippen molar-refractivity contribution in [3.8, 4) is 0 Å². The number of fused-ring (bicyclic) bond motifs is 1. The van der Waals surface area contributed by atoms with E-state index in [1.807, 2.05) is 6.08 Å². The molecule has 0 saturated heterocycles. The smallest absolute Gasteiger partial charge is 0.330 e. The number of aryl methyl sites for hydroxylation is 1. The van der Waals surface area contributed by atoms with Gasteiger partial charge in [0.2, 0.25) is 0 Å². The zero-order chi connectivity index (χ0) is 24.8. The van der Waals surface area contributed by atoms with Crippen molar-refractivity contribution in [3.05, 3.63) is 76.9 Å². The first-order valence-corrected chi connectivity index (χ1v) is 15.3. The molecule has 1 atom stereocenters. The fourth-order valence-electron chi connectivity index (χ4n) is 4.31. The Kier molecular flexibility index (Phi) is 8.91. The molecule has 0 amide bonds. The number of esters is 1. The third kappa shape index (κ3) is 6.91. The Bertz CT molecular complexity index is 979. The average molecular weight is 480 g/mol. The molecular weight excluding hydrogens is 438 g/mol. The number of carbonyl (C=O) groups excluding carboxylic acids is 1. The highest BCUT2D eigenvalue weighted by Gasteiger charge is 2.37. The van der Waals surface area contributed by atoms with E-state index in [1.54, 1.807) is 0 Å². The number of hydrogen-bond acceptors (Lipinski definition) is 4. The molecule has 2 aromatic rings. The Hall–Kier alpha value is -2.21. The Balaban J connectivity index is 1.74. The number of carbonyl (C=O) groups is 1. The van der Waals surface area contributed by atoms with Crippen LogP contribution in [0.5, 0.6) is 0 Å². The summed E-state index contributed by atoms with van der Waals surface area (Å²) in [6.07, 6.45) is 6.53. The maximum absolute atomic E-state index is 11.5. The van der Waals surface area contributed by atoms with Gasteiger partial charge in [0.25, 0.3) is 0 Å². The van der Waals surface area contributed by atoms with Gasteiger partial charge in [-0.2, -0.15) is 0 Å². The Morgan fingerprint density at radius 2 is 1.85 bits per heavy atom. The third-order valence-electron chi connectivity index (χ3n) is 7.45. The summed E-state index contributed by atoms with van der Waals surface area (Å²) >= 11 is 0. The summed E-state index contributed by atoms with van der Waals surface area (Å²) in [5.41, 5.74) is 5.21. The van der Waals surface area contributed by atoms with Gasteiger partial charge in [0.1, 0.15) is 0 Å². The molecule has 0 spiro atoms. The van der Waals surface area contributed by atoms with Crippen LogP contribution >= 0.6 is 0 Å². The van der Waals surface area contributed by atoms with Crippen LogP contribution in [0, 0.1) is 0 Å². The minimum atomic E-state index is -1.77. The third-order valence-corrected chi connectivity index (χ3v) is 12.0. The van der Waals surface area contributed by atoms with Crippen LogP contribution in [0.2, 0.25) is 18.1 Å². The molecule has 0 radical (unpaired) electrons. The lowest BCUT2D eigenvalue weighted by Crippen LogP contribution is -2.43. The Morgan fingerprint density at radius 1 is 1.12 bits per heavy atom. The molecule has 2 aromatic carbocycles. The molecule has 5 heteroatoms. The van der Waals surface area contributed by atoms with E-state index >= 15 is 0 Å². The summed E-state index contributed by atoms with van der Waals surface area (Å²) in [5, 5.41) is 0.218. The summed E-state index contributed by atoms with van der Waals surface area (Å²) < 4.78 is 11.3. The molecule has 0 aliphatic heterocycles. The molecule has 3 rings (SSSR count). The second-order valence-electron chi connectivity index (χ2n) is 10.7. The predicted octanol–water partition coefficient (Wildman–Crippen LogP) is 6.43. The van der Waals surface area contributed by atoms with Gasteiger partial charge in [0, 0.05) is 31.8 Å². The minimum absolute atomic E-state index is 0.218. The van der Waals surface area contributed by atoms with Crippen molar-refractivity contribution < 1.29 is 14.0 Å². The van der Waals surface area contributed by atoms with Gasteiger partial charge in [-0.15, -0.1) is 0 Å². The van der Waals surface area contributed by atoms with Crippen molar-refractivity contribution in [1.29, 1.82) is 0 Å². The number of rotatable bonds is 10. The van der Waals surface area contributed by atoms with Crippen molar-refractivity contribution >= 4 is 20.4 Å². The molecule has 0 bridgehead atoms. The number of benzene rings is 2. The lowest BCUT2D eigenvalue weighted by molar-refractivity contribution is -0.134. The van der Waals surface area contributed by atoms with Crippen LogP contribution < -0.4 is 0 Å². The monoisotopic (exact) mass is 479 g/mol. The van der Waals surface area contributed by atoms with Crippen molar-refractivity contribution in [2.75, 3.05) is 26.8 Å². The first-order chi connectivity index (χ1) is 16.1. The van der Waals surface area contributed by atoms with Crippen molar-refractivity contribution in [2.45, 2.75) is 64.2 Å². The molecule has 0 aromatic heterocycles. The molecule has 0 N–H and O–H groups in total. The SMILES string of the molecule is COC(=O)C=Cc1ccc2c(c1)CCC2N(CCO[Si](C)(C)C(C)(C)C)CCc1ccccc1. The fraction of sp³-hybridized carbons (Fsp3) is 0.483. The molecule has 184 valence electrons. The van der Waals surface area contributed by atoms with Gasteiger partial charge in [-0.1, -0.05) is 69.3 Å². The van der Waals surface area contributed by atoms with E-state index in [9.17, 15) is 4.79 Å². The molecule has 0 saturated carbocycles. The van der Waals surface area contributed by atoms with Crippen LogP contribution in [0.1, 0.15) is 55.5 Å². The predicted molar refractivity (Wildman–Crippen MR) is 143 cm³/mol. The molecule has 34 heavy (non-hydrogen) atoms. The van der Waals surface area contributed by atoms with Crippen LogP contribution in [0.25, 0.3) is 6.08 Å². The van der Waals surface area contributed by atoms with E-state index in [2.05, 4.69) is 87.3 Å².